The van der Waals surface area contributed by atoms with Crippen molar-refractivity contribution < 1.29 is 9.84 Å². The van der Waals surface area contributed by atoms with Gasteiger partial charge in [0.15, 0.2) is 0 Å². The SMILES string of the molecule is Oc1ccc2nc(C3COCCN3)[nH]c2c1. The maximum Gasteiger partial charge on any atom is 0.126 e. The topological polar surface area (TPSA) is 70.2 Å². The van der Waals surface area contributed by atoms with E-state index >= 15 is 0 Å². The Hall–Kier alpha value is -1.59. The zero-order valence-corrected chi connectivity index (χ0v) is 8.73. The second kappa shape index (κ2) is 3.77. The highest BCUT2D eigenvalue weighted by Gasteiger charge is 2.18. The highest BCUT2D eigenvalue weighted by Crippen LogP contribution is 2.21. The van der Waals surface area contributed by atoms with E-state index in [1.165, 1.54) is 0 Å². The van der Waals surface area contributed by atoms with Gasteiger partial charge in [-0.25, -0.2) is 4.98 Å². The first-order valence-electron chi connectivity index (χ1n) is 5.33. The zero-order valence-electron chi connectivity index (χ0n) is 8.73. The third-order valence-electron chi connectivity index (χ3n) is 2.74. The van der Waals surface area contributed by atoms with Crippen molar-refractivity contribution in [2.75, 3.05) is 19.8 Å². The Labute approximate surface area is 92.5 Å². The van der Waals surface area contributed by atoms with Crippen molar-refractivity contribution in [1.29, 1.82) is 0 Å². The molecule has 1 unspecified atom stereocenters. The van der Waals surface area contributed by atoms with Crippen molar-refractivity contribution in [3.8, 4) is 5.75 Å². The molecule has 84 valence electrons. The summed E-state index contributed by atoms with van der Waals surface area (Å²) >= 11 is 0. The van der Waals surface area contributed by atoms with Crippen molar-refractivity contribution in [3.63, 3.8) is 0 Å². The number of hydrogen-bond acceptors (Lipinski definition) is 4. The molecule has 5 nitrogen and oxygen atoms in total. The number of aromatic amines is 1. The van der Waals surface area contributed by atoms with Crippen LogP contribution in [0.4, 0.5) is 0 Å². The van der Waals surface area contributed by atoms with Crippen molar-refractivity contribution in [2.45, 2.75) is 6.04 Å². The molecule has 1 aromatic heterocycles. The summed E-state index contributed by atoms with van der Waals surface area (Å²) in [5.74, 6) is 1.11. The quantitative estimate of drug-likeness (QED) is 0.667. The summed E-state index contributed by atoms with van der Waals surface area (Å²) in [5.41, 5.74) is 1.71. The molecule has 1 aliphatic rings. The fourth-order valence-electron chi connectivity index (χ4n) is 1.92. The van der Waals surface area contributed by atoms with E-state index in [0.29, 0.717) is 6.61 Å². The van der Waals surface area contributed by atoms with Gasteiger partial charge in [-0.15, -0.1) is 0 Å². The Bertz CT molecular complexity index is 503. The number of fused-ring (bicyclic) bond motifs is 1. The Kier molecular flexibility index (Phi) is 2.27. The predicted molar refractivity (Wildman–Crippen MR) is 59.3 cm³/mol. The molecule has 0 bridgehead atoms. The summed E-state index contributed by atoms with van der Waals surface area (Å²) in [6.45, 7) is 2.22. The van der Waals surface area contributed by atoms with Crippen LogP contribution in [-0.4, -0.2) is 34.8 Å². The molecule has 0 aliphatic carbocycles. The molecule has 1 fully saturated rings. The number of aromatic nitrogens is 2. The van der Waals surface area contributed by atoms with Crippen LogP contribution in [0, 0.1) is 0 Å². The number of nitrogens with zero attached hydrogens (tertiary/aromatic N) is 1. The van der Waals surface area contributed by atoms with Crippen molar-refractivity contribution >= 4 is 11.0 Å². The minimum atomic E-state index is 0.114. The number of phenolic OH excluding ortho intramolecular Hbond substituents is 1. The number of phenols is 1. The number of imidazole rings is 1. The van der Waals surface area contributed by atoms with Crippen LogP contribution in [0.15, 0.2) is 18.2 Å². The van der Waals surface area contributed by atoms with Gasteiger partial charge in [0.25, 0.3) is 0 Å². The molecular formula is C11H13N3O2. The number of benzene rings is 1. The van der Waals surface area contributed by atoms with Gasteiger partial charge in [0, 0.05) is 12.6 Å². The fourth-order valence-corrected chi connectivity index (χ4v) is 1.92. The van der Waals surface area contributed by atoms with Gasteiger partial charge in [0.1, 0.15) is 11.6 Å². The van der Waals surface area contributed by atoms with Gasteiger partial charge in [0.05, 0.1) is 30.3 Å². The maximum atomic E-state index is 9.36. The van der Waals surface area contributed by atoms with Gasteiger partial charge in [0.2, 0.25) is 0 Å². The Morgan fingerprint density at radius 1 is 1.44 bits per heavy atom. The minimum Gasteiger partial charge on any atom is -0.508 e. The summed E-state index contributed by atoms with van der Waals surface area (Å²) < 4.78 is 5.38. The van der Waals surface area contributed by atoms with Crippen LogP contribution < -0.4 is 5.32 Å². The molecule has 1 atom stereocenters. The van der Waals surface area contributed by atoms with E-state index in [0.717, 1.165) is 30.0 Å². The zero-order chi connectivity index (χ0) is 11.0. The van der Waals surface area contributed by atoms with Gasteiger partial charge >= 0.3 is 0 Å². The number of aromatic hydroxyl groups is 1. The summed E-state index contributed by atoms with van der Waals surface area (Å²) in [6, 6.07) is 5.23. The summed E-state index contributed by atoms with van der Waals surface area (Å²) in [6.07, 6.45) is 0. The van der Waals surface area contributed by atoms with E-state index < -0.39 is 0 Å². The molecule has 2 aromatic rings. The van der Waals surface area contributed by atoms with Gasteiger partial charge in [-0.2, -0.15) is 0 Å². The first kappa shape index (κ1) is 9.62. The minimum absolute atomic E-state index is 0.114. The van der Waals surface area contributed by atoms with Gasteiger partial charge in [-0.3, -0.25) is 0 Å². The first-order valence-corrected chi connectivity index (χ1v) is 5.33. The van der Waals surface area contributed by atoms with E-state index in [2.05, 4.69) is 15.3 Å². The van der Waals surface area contributed by atoms with Crippen LogP contribution in [0.5, 0.6) is 5.75 Å². The molecule has 5 heteroatoms. The third kappa shape index (κ3) is 1.64. The van der Waals surface area contributed by atoms with E-state index in [4.69, 9.17) is 4.74 Å². The first-order chi connectivity index (χ1) is 7.83. The standard InChI is InChI=1S/C11H13N3O2/c15-7-1-2-8-9(5-7)14-11(13-8)10-6-16-4-3-12-10/h1-2,5,10,12,15H,3-4,6H2,(H,13,14). The summed E-state index contributed by atoms with van der Waals surface area (Å²) in [5, 5.41) is 12.7. The normalized spacial score (nSPS) is 21.4. The van der Waals surface area contributed by atoms with Crippen LogP contribution in [0.3, 0.4) is 0 Å². The lowest BCUT2D eigenvalue weighted by atomic mass is 10.2. The third-order valence-corrected chi connectivity index (χ3v) is 2.74. The molecule has 2 heterocycles. The highest BCUT2D eigenvalue weighted by atomic mass is 16.5. The number of rotatable bonds is 1. The van der Waals surface area contributed by atoms with Gasteiger partial charge < -0.3 is 20.1 Å². The average Bonchev–Trinajstić information content (AvgIpc) is 2.73. The van der Waals surface area contributed by atoms with Crippen molar-refractivity contribution in [2.24, 2.45) is 0 Å². The lowest BCUT2D eigenvalue weighted by molar-refractivity contribution is 0.0746. The number of hydrogen-bond donors (Lipinski definition) is 3. The molecule has 0 spiro atoms. The Morgan fingerprint density at radius 2 is 2.38 bits per heavy atom. The number of H-pyrrole nitrogens is 1. The molecule has 3 N–H and O–H groups in total. The number of nitrogens with one attached hydrogen (secondary N) is 2. The highest BCUT2D eigenvalue weighted by molar-refractivity contribution is 5.76. The Morgan fingerprint density at radius 3 is 3.19 bits per heavy atom. The van der Waals surface area contributed by atoms with Crippen LogP contribution >= 0.6 is 0 Å². The number of ether oxygens (including phenoxy) is 1. The second-order valence-corrected chi connectivity index (χ2v) is 3.91. The van der Waals surface area contributed by atoms with Crippen molar-refractivity contribution in [1.82, 2.24) is 15.3 Å². The van der Waals surface area contributed by atoms with E-state index in [-0.39, 0.29) is 11.8 Å². The molecule has 0 saturated carbocycles. The Balaban J connectivity index is 1.97. The monoisotopic (exact) mass is 219 g/mol. The molecule has 0 radical (unpaired) electrons. The summed E-state index contributed by atoms with van der Waals surface area (Å²) in [4.78, 5) is 7.66. The smallest absolute Gasteiger partial charge is 0.126 e. The molecule has 3 rings (SSSR count). The maximum absolute atomic E-state index is 9.36. The molecule has 1 aliphatic heterocycles. The van der Waals surface area contributed by atoms with E-state index in [1.54, 1.807) is 18.2 Å². The predicted octanol–water partition coefficient (Wildman–Crippen LogP) is 0.929. The molecule has 1 aromatic carbocycles. The lowest BCUT2D eigenvalue weighted by Crippen LogP contribution is -2.35. The fraction of sp³-hybridized carbons (Fsp3) is 0.364. The summed E-state index contributed by atoms with van der Waals surface area (Å²) in [7, 11) is 0. The van der Waals surface area contributed by atoms with Crippen LogP contribution in [0.25, 0.3) is 11.0 Å². The molecule has 1 saturated heterocycles. The second-order valence-electron chi connectivity index (χ2n) is 3.91. The van der Waals surface area contributed by atoms with Gasteiger partial charge in [-0.05, 0) is 12.1 Å². The van der Waals surface area contributed by atoms with E-state index in [9.17, 15) is 5.11 Å². The van der Waals surface area contributed by atoms with Crippen LogP contribution in [-0.2, 0) is 4.74 Å². The molecule has 0 amide bonds. The van der Waals surface area contributed by atoms with Crippen LogP contribution in [0.2, 0.25) is 0 Å². The largest absolute Gasteiger partial charge is 0.508 e. The van der Waals surface area contributed by atoms with Crippen LogP contribution in [0.1, 0.15) is 11.9 Å². The van der Waals surface area contributed by atoms with Gasteiger partial charge in [-0.1, -0.05) is 0 Å². The lowest BCUT2D eigenvalue weighted by Gasteiger charge is -2.21. The molecule has 16 heavy (non-hydrogen) atoms. The average molecular weight is 219 g/mol. The van der Waals surface area contributed by atoms with E-state index in [1.807, 2.05) is 0 Å². The number of morpholine rings is 1. The molecular weight excluding hydrogens is 206 g/mol. The van der Waals surface area contributed by atoms with Crippen molar-refractivity contribution in [3.05, 3.63) is 24.0 Å².